The van der Waals surface area contributed by atoms with E-state index in [9.17, 15) is 0 Å². The molecule has 1 unspecified atom stereocenters. The van der Waals surface area contributed by atoms with Gasteiger partial charge < -0.3 is 10.2 Å². The average Bonchev–Trinajstić information content (AvgIpc) is 2.78. The van der Waals surface area contributed by atoms with Gasteiger partial charge >= 0.3 is 0 Å². The third kappa shape index (κ3) is 5.43. The molecular formula is C15H29ClN4. The number of nitrogens with one attached hydrogen (secondary N) is 1. The number of hydrogen-bond donors (Lipinski definition) is 1. The van der Waals surface area contributed by atoms with E-state index in [-0.39, 0.29) is 0 Å². The zero-order valence-electron chi connectivity index (χ0n) is 13.3. The van der Waals surface area contributed by atoms with Crippen LogP contribution in [-0.4, -0.2) is 41.9 Å². The lowest BCUT2D eigenvalue weighted by Gasteiger charge is -2.21. The molecule has 1 heterocycles. The fraction of sp³-hybridized carbons (Fsp3) is 0.800. The number of likely N-dealkylation sites (N-methyl/N-ethyl adjacent to an activating group) is 1. The van der Waals surface area contributed by atoms with Crippen LogP contribution in [0.2, 0.25) is 5.02 Å². The number of nitrogens with zero attached hydrogens (tertiary/aromatic N) is 3. The average molecular weight is 301 g/mol. The Labute approximate surface area is 128 Å². The van der Waals surface area contributed by atoms with Gasteiger partial charge in [0.05, 0.1) is 29.5 Å². The zero-order chi connectivity index (χ0) is 15.0. The summed E-state index contributed by atoms with van der Waals surface area (Å²) in [4.78, 5) is 2.17. The van der Waals surface area contributed by atoms with Crippen LogP contribution in [0.15, 0.2) is 6.20 Å². The summed E-state index contributed by atoms with van der Waals surface area (Å²) in [7, 11) is 4.16. The lowest BCUT2D eigenvalue weighted by molar-refractivity contribution is 0.358. The summed E-state index contributed by atoms with van der Waals surface area (Å²) in [6.07, 6.45) is 6.43. The maximum atomic E-state index is 6.38. The second-order valence-electron chi connectivity index (χ2n) is 5.55. The molecule has 116 valence electrons. The maximum absolute atomic E-state index is 6.38. The fourth-order valence-corrected chi connectivity index (χ4v) is 2.53. The highest BCUT2D eigenvalue weighted by Gasteiger charge is 2.19. The minimum atomic E-state index is 0.312. The summed E-state index contributed by atoms with van der Waals surface area (Å²) in [5, 5.41) is 8.85. The number of aromatic nitrogens is 2. The quantitative estimate of drug-likeness (QED) is 0.719. The van der Waals surface area contributed by atoms with Crippen LogP contribution in [0.5, 0.6) is 0 Å². The molecule has 0 amide bonds. The Kier molecular flexibility index (Phi) is 8.19. The standard InChI is InChI=1S/C15H29ClN4/c1-5-7-8-14(17-9-6-2)15-13(16)12-18-20(15)11-10-19(3)4/h12,14,17H,5-11H2,1-4H3. The fourth-order valence-electron chi connectivity index (χ4n) is 2.25. The van der Waals surface area contributed by atoms with Gasteiger partial charge in [0.25, 0.3) is 0 Å². The SMILES string of the molecule is CCCCC(NCCC)c1c(Cl)cnn1CCN(C)C. The van der Waals surface area contributed by atoms with Crippen molar-refractivity contribution in [2.75, 3.05) is 27.2 Å². The van der Waals surface area contributed by atoms with Crippen LogP contribution in [0.3, 0.4) is 0 Å². The first kappa shape index (κ1) is 17.5. The van der Waals surface area contributed by atoms with Crippen molar-refractivity contribution in [3.05, 3.63) is 16.9 Å². The molecule has 0 aliphatic heterocycles. The van der Waals surface area contributed by atoms with Crippen molar-refractivity contribution >= 4 is 11.6 Å². The number of halogens is 1. The van der Waals surface area contributed by atoms with Crippen LogP contribution in [0.25, 0.3) is 0 Å². The van der Waals surface area contributed by atoms with Crippen molar-refractivity contribution in [2.45, 2.75) is 52.1 Å². The Morgan fingerprint density at radius 1 is 1.35 bits per heavy atom. The molecule has 0 saturated heterocycles. The maximum Gasteiger partial charge on any atom is 0.0834 e. The summed E-state index contributed by atoms with van der Waals surface area (Å²) < 4.78 is 2.06. The monoisotopic (exact) mass is 300 g/mol. The van der Waals surface area contributed by atoms with Gasteiger partial charge in [0, 0.05) is 6.54 Å². The summed E-state index contributed by atoms with van der Waals surface area (Å²) in [6.45, 7) is 7.28. The zero-order valence-corrected chi connectivity index (χ0v) is 14.1. The molecule has 1 aromatic rings. The molecule has 0 saturated carbocycles. The van der Waals surface area contributed by atoms with Crippen LogP contribution in [0.4, 0.5) is 0 Å². The Morgan fingerprint density at radius 2 is 2.10 bits per heavy atom. The smallest absolute Gasteiger partial charge is 0.0834 e. The Bertz CT molecular complexity index is 368. The van der Waals surface area contributed by atoms with Crippen molar-refractivity contribution in [2.24, 2.45) is 0 Å². The molecule has 20 heavy (non-hydrogen) atoms. The van der Waals surface area contributed by atoms with Crippen molar-refractivity contribution in [1.82, 2.24) is 20.0 Å². The van der Waals surface area contributed by atoms with Crippen molar-refractivity contribution in [1.29, 1.82) is 0 Å². The largest absolute Gasteiger partial charge is 0.309 e. The molecule has 4 nitrogen and oxygen atoms in total. The summed E-state index contributed by atoms with van der Waals surface area (Å²) in [5.74, 6) is 0. The number of hydrogen-bond acceptors (Lipinski definition) is 3. The molecule has 0 spiro atoms. The molecule has 0 aliphatic carbocycles. The minimum Gasteiger partial charge on any atom is -0.309 e. The van der Waals surface area contributed by atoms with E-state index in [0.717, 1.165) is 43.2 Å². The van der Waals surface area contributed by atoms with Gasteiger partial charge in [-0.1, -0.05) is 38.3 Å². The van der Waals surface area contributed by atoms with E-state index < -0.39 is 0 Å². The predicted octanol–water partition coefficient (Wildman–Crippen LogP) is 3.33. The van der Waals surface area contributed by atoms with Crippen LogP contribution < -0.4 is 5.32 Å². The van der Waals surface area contributed by atoms with E-state index in [1.807, 2.05) is 0 Å². The van der Waals surface area contributed by atoms with Crippen LogP contribution in [-0.2, 0) is 6.54 Å². The van der Waals surface area contributed by atoms with Crippen LogP contribution in [0.1, 0.15) is 51.3 Å². The summed E-state index contributed by atoms with van der Waals surface area (Å²) >= 11 is 6.38. The van der Waals surface area contributed by atoms with Crippen molar-refractivity contribution in [3.63, 3.8) is 0 Å². The van der Waals surface area contributed by atoms with Gasteiger partial charge in [-0.2, -0.15) is 5.10 Å². The molecule has 0 bridgehead atoms. The van der Waals surface area contributed by atoms with E-state index in [2.05, 4.69) is 47.9 Å². The molecule has 0 radical (unpaired) electrons. The van der Waals surface area contributed by atoms with E-state index in [4.69, 9.17) is 11.6 Å². The molecule has 0 aliphatic rings. The van der Waals surface area contributed by atoms with Gasteiger partial charge in [-0.3, -0.25) is 4.68 Å². The Balaban J connectivity index is 2.83. The second kappa shape index (κ2) is 9.37. The highest BCUT2D eigenvalue weighted by atomic mass is 35.5. The van der Waals surface area contributed by atoms with Gasteiger partial charge in [0.2, 0.25) is 0 Å². The van der Waals surface area contributed by atoms with Crippen molar-refractivity contribution in [3.8, 4) is 0 Å². The normalized spacial score (nSPS) is 13.1. The molecule has 1 aromatic heterocycles. The number of rotatable bonds is 10. The van der Waals surface area contributed by atoms with Gasteiger partial charge in [-0.15, -0.1) is 0 Å². The van der Waals surface area contributed by atoms with E-state index in [1.165, 1.54) is 12.8 Å². The Hall–Kier alpha value is -0.580. The molecular weight excluding hydrogens is 272 g/mol. The molecule has 5 heteroatoms. The third-order valence-corrected chi connectivity index (χ3v) is 3.70. The van der Waals surface area contributed by atoms with E-state index in [1.54, 1.807) is 6.20 Å². The van der Waals surface area contributed by atoms with Gasteiger partial charge in [0.1, 0.15) is 0 Å². The first-order valence-corrected chi connectivity index (χ1v) is 8.07. The molecule has 1 rings (SSSR count). The van der Waals surface area contributed by atoms with Gasteiger partial charge in [-0.25, -0.2) is 0 Å². The predicted molar refractivity (Wildman–Crippen MR) is 86.4 cm³/mol. The highest BCUT2D eigenvalue weighted by molar-refractivity contribution is 6.31. The van der Waals surface area contributed by atoms with Crippen LogP contribution >= 0.6 is 11.6 Å². The summed E-state index contributed by atoms with van der Waals surface area (Å²) in [6, 6.07) is 0.312. The van der Waals surface area contributed by atoms with Crippen molar-refractivity contribution < 1.29 is 0 Å². The molecule has 0 fully saturated rings. The van der Waals surface area contributed by atoms with Gasteiger partial charge in [-0.05, 0) is 33.5 Å². The van der Waals surface area contributed by atoms with E-state index in [0.29, 0.717) is 6.04 Å². The topological polar surface area (TPSA) is 33.1 Å². The highest BCUT2D eigenvalue weighted by Crippen LogP contribution is 2.26. The van der Waals surface area contributed by atoms with Gasteiger partial charge in [0.15, 0.2) is 0 Å². The first-order valence-electron chi connectivity index (χ1n) is 7.69. The second-order valence-corrected chi connectivity index (χ2v) is 5.96. The first-order chi connectivity index (χ1) is 9.60. The van der Waals surface area contributed by atoms with E-state index >= 15 is 0 Å². The lowest BCUT2D eigenvalue weighted by atomic mass is 10.1. The van der Waals surface area contributed by atoms with Crippen LogP contribution in [0, 0.1) is 0 Å². The lowest BCUT2D eigenvalue weighted by Crippen LogP contribution is -2.27. The number of unbranched alkanes of at least 4 members (excludes halogenated alkanes) is 1. The summed E-state index contributed by atoms with van der Waals surface area (Å²) in [5.41, 5.74) is 1.15. The minimum absolute atomic E-state index is 0.312. The molecule has 0 aromatic carbocycles. The third-order valence-electron chi connectivity index (χ3n) is 3.41. The Morgan fingerprint density at radius 3 is 2.70 bits per heavy atom. The molecule has 1 atom stereocenters. The molecule has 1 N–H and O–H groups in total.